The first-order chi connectivity index (χ1) is 15.6. The Kier molecular flexibility index (Phi) is 6.31. The molecular weight excluding hydrogens is 432 g/mol. The van der Waals surface area contributed by atoms with E-state index < -0.39 is 18.0 Å². The summed E-state index contributed by atoms with van der Waals surface area (Å²) < 4.78 is 12.0. The van der Waals surface area contributed by atoms with E-state index in [0.717, 1.165) is 4.88 Å². The van der Waals surface area contributed by atoms with Gasteiger partial charge in [0.1, 0.15) is 12.3 Å². The van der Waals surface area contributed by atoms with Crippen LogP contribution in [0.2, 0.25) is 0 Å². The molecule has 2 aromatic heterocycles. The number of urea groups is 1. The molecule has 2 N–H and O–H groups in total. The first-order valence-corrected chi connectivity index (χ1v) is 10.7. The van der Waals surface area contributed by atoms with Gasteiger partial charge in [-0.25, -0.2) is 19.1 Å². The van der Waals surface area contributed by atoms with Gasteiger partial charge >= 0.3 is 18.0 Å². The molecule has 1 aliphatic rings. The minimum absolute atomic E-state index is 0.0119. The number of amides is 2. The average molecular weight is 452 g/mol. The molecule has 1 aromatic carbocycles. The Balaban J connectivity index is 1.61. The van der Waals surface area contributed by atoms with Crippen LogP contribution in [0.1, 0.15) is 17.4 Å². The van der Waals surface area contributed by atoms with Crippen molar-refractivity contribution in [1.29, 1.82) is 0 Å². The lowest BCUT2D eigenvalue weighted by Gasteiger charge is -2.21. The molecule has 0 fully saturated rings. The van der Waals surface area contributed by atoms with Gasteiger partial charge in [0, 0.05) is 6.07 Å². The highest BCUT2D eigenvalue weighted by Crippen LogP contribution is 2.26. The molecule has 9 nitrogen and oxygen atoms in total. The van der Waals surface area contributed by atoms with E-state index in [0.29, 0.717) is 11.4 Å². The predicted octanol–water partition coefficient (Wildman–Crippen LogP) is 2.89. The molecule has 32 heavy (non-hydrogen) atoms. The zero-order valence-corrected chi connectivity index (χ0v) is 18.0. The predicted molar refractivity (Wildman–Crippen MR) is 117 cm³/mol. The third kappa shape index (κ3) is 4.54. The molecule has 3 heterocycles. The first-order valence-electron chi connectivity index (χ1n) is 9.87. The van der Waals surface area contributed by atoms with E-state index >= 15 is 0 Å². The highest BCUT2D eigenvalue weighted by molar-refractivity contribution is 7.13. The standard InChI is InChI=1S/C22H20N4O5S/c1-2-30-20(27)15-12-23-22(29)24-17(15)13-31-21(28)18-11-16(19-9-6-10-32-19)25-26(18)14-7-4-3-5-8-14/h3-11H,2,12-13H2,1H3,(H2,23,24,29). The van der Waals surface area contributed by atoms with Gasteiger partial charge in [0.05, 0.1) is 35.0 Å². The van der Waals surface area contributed by atoms with E-state index in [-0.39, 0.29) is 36.7 Å². The van der Waals surface area contributed by atoms with Crippen molar-refractivity contribution in [3.8, 4) is 16.3 Å². The van der Waals surface area contributed by atoms with Gasteiger partial charge in [0.15, 0.2) is 5.69 Å². The summed E-state index contributed by atoms with van der Waals surface area (Å²) >= 11 is 1.51. The van der Waals surface area contributed by atoms with Crippen molar-refractivity contribution in [1.82, 2.24) is 20.4 Å². The molecule has 0 atom stereocenters. The van der Waals surface area contributed by atoms with Gasteiger partial charge < -0.3 is 20.1 Å². The number of ether oxygens (including phenoxy) is 2. The van der Waals surface area contributed by atoms with Gasteiger partial charge in [-0.3, -0.25) is 0 Å². The quantitative estimate of drug-likeness (QED) is 0.533. The van der Waals surface area contributed by atoms with Crippen molar-refractivity contribution in [3.63, 3.8) is 0 Å². The fourth-order valence-electron chi connectivity index (χ4n) is 3.12. The van der Waals surface area contributed by atoms with E-state index in [2.05, 4.69) is 15.7 Å². The molecule has 164 valence electrons. The summed E-state index contributed by atoms with van der Waals surface area (Å²) in [6.07, 6.45) is 0. The number of aromatic nitrogens is 2. The van der Waals surface area contributed by atoms with E-state index in [1.807, 2.05) is 47.8 Å². The van der Waals surface area contributed by atoms with Crippen LogP contribution >= 0.6 is 11.3 Å². The third-order valence-corrected chi connectivity index (χ3v) is 5.51. The summed E-state index contributed by atoms with van der Waals surface area (Å²) in [5, 5.41) is 11.5. The average Bonchev–Trinajstić information content (AvgIpc) is 3.48. The van der Waals surface area contributed by atoms with Crippen LogP contribution in [-0.4, -0.2) is 47.5 Å². The van der Waals surface area contributed by atoms with Crippen molar-refractivity contribution < 1.29 is 23.9 Å². The molecule has 0 aliphatic carbocycles. The van der Waals surface area contributed by atoms with Crippen molar-refractivity contribution in [2.45, 2.75) is 6.92 Å². The van der Waals surface area contributed by atoms with Gasteiger partial charge in [-0.1, -0.05) is 24.3 Å². The van der Waals surface area contributed by atoms with Crippen LogP contribution < -0.4 is 10.6 Å². The number of nitrogens with one attached hydrogen (secondary N) is 2. The number of thiophene rings is 1. The van der Waals surface area contributed by atoms with Crippen LogP contribution in [0.25, 0.3) is 16.3 Å². The summed E-state index contributed by atoms with van der Waals surface area (Å²) in [7, 11) is 0. The maximum absolute atomic E-state index is 13.0. The second-order valence-electron chi connectivity index (χ2n) is 6.70. The lowest BCUT2D eigenvalue weighted by Crippen LogP contribution is -2.45. The number of rotatable bonds is 7. The van der Waals surface area contributed by atoms with Crippen molar-refractivity contribution in [2.75, 3.05) is 19.8 Å². The van der Waals surface area contributed by atoms with E-state index in [1.165, 1.54) is 16.0 Å². The topological polar surface area (TPSA) is 112 Å². The number of nitrogens with zero attached hydrogens (tertiary/aromatic N) is 2. The zero-order chi connectivity index (χ0) is 22.5. The summed E-state index contributed by atoms with van der Waals surface area (Å²) in [5.74, 6) is -1.23. The molecular formula is C22H20N4O5S. The fraction of sp³-hybridized carbons (Fsp3) is 0.182. The number of hydrogen-bond donors (Lipinski definition) is 2. The van der Waals surface area contributed by atoms with E-state index in [9.17, 15) is 14.4 Å². The fourth-order valence-corrected chi connectivity index (χ4v) is 3.80. The van der Waals surface area contributed by atoms with Crippen LogP contribution in [0.3, 0.4) is 0 Å². The van der Waals surface area contributed by atoms with Gasteiger partial charge in [-0.05, 0) is 30.5 Å². The molecule has 0 saturated carbocycles. The number of carbonyl (C=O) groups excluding carboxylic acids is 3. The Hall–Kier alpha value is -3.92. The van der Waals surface area contributed by atoms with Gasteiger partial charge in [-0.2, -0.15) is 5.10 Å². The van der Waals surface area contributed by atoms with Gasteiger partial charge in [0.2, 0.25) is 0 Å². The summed E-state index contributed by atoms with van der Waals surface area (Å²) in [6.45, 7) is 1.56. The van der Waals surface area contributed by atoms with Gasteiger partial charge in [-0.15, -0.1) is 11.3 Å². The van der Waals surface area contributed by atoms with Crippen molar-refractivity contribution in [2.24, 2.45) is 0 Å². The Morgan fingerprint density at radius 1 is 1.12 bits per heavy atom. The largest absolute Gasteiger partial charge is 0.463 e. The van der Waals surface area contributed by atoms with E-state index in [1.54, 1.807) is 13.0 Å². The number of benzene rings is 1. The Morgan fingerprint density at radius 2 is 1.94 bits per heavy atom. The second-order valence-corrected chi connectivity index (χ2v) is 7.65. The smallest absolute Gasteiger partial charge is 0.357 e. The molecule has 1 aliphatic heterocycles. The van der Waals surface area contributed by atoms with Crippen LogP contribution in [0.4, 0.5) is 4.79 Å². The molecule has 3 aromatic rings. The second kappa shape index (κ2) is 9.48. The molecule has 0 radical (unpaired) electrons. The molecule has 10 heteroatoms. The van der Waals surface area contributed by atoms with Crippen molar-refractivity contribution >= 4 is 29.3 Å². The highest BCUT2D eigenvalue weighted by atomic mass is 32.1. The molecule has 0 unspecified atom stereocenters. The molecule has 0 bridgehead atoms. The maximum Gasteiger partial charge on any atom is 0.357 e. The van der Waals surface area contributed by atoms with Crippen LogP contribution in [0.15, 0.2) is 65.2 Å². The highest BCUT2D eigenvalue weighted by Gasteiger charge is 2.26. The normalized spacial score (nSPS) is 13.3. The van der Waals surface area contributed by atoms with Crippen LogP contribution in [-0.2, 0) is 14.3 Å². The molecule has 0 spiro atoms. The lowest BCUT2D eigenvalue weighted by atomic mass is 10.1. The Bertz CT molecular complexity index is 1170. The van der Waals surface area contributed by atoms with Crippen LogP contribution in [0, 0.1) is 0 Å². The van der Waals surface area contributed by atoms with E-state index in [4.69, 9.17) is 9.47 Å². The minimum Gasteiger partial charge on any atom is -0.463 e. The number of esters is 2. The molecule has 0 saturated heterocycles. The van der Waals surface area contributed by atoms with Crippen LogP contribution in [0.5, 0.6) is 0 Å². The van der Waals surface area contributed by atoms with Crippen molar-refractivity contribution in [3.05, 3.63) is 70.9 Å². The summed E-state index contributed by atoms with van der Waals surface area (Å²) in [6, 6.07) is 14.2. The third-order valence-electron chi connectivity index (χ3n) is 4.62. The Morgan fingerprint density at radius 3 is 2.66 bits per heavy atom. The SMILES string of the molecule is CCOC(=O)C1=C(COC(=O)c2cc(-c3cccs3)nn2-c2ccccc2)NC(=O)NC1. The minimum atomic E-state index is -0.646. The molecule has 2 amide bonds. The molecule has 4 rings (SSSR count). The maximum atomic E-state index is 13.0. The van der Waals surface area contributed by atoms with Gasteiger partial charge in [0.25, 0.3) is 0 Å². The number of para-hydroxylation sites is 1. The lowest BCUT2D eigenvalue weighted by molar-refractivity contribution is -0.138. The number of carbonyl (C=O) groups is 3. The summed E-state index contributed by atoms with van der Waals surface area (Å²) in [4.78, 5) is 37.8. The monoisotopic (exact) mass is 452 g/mol. The first kappa shape index (κ1) is 21.3. The Labute approximate surface area is 187 Å². The zero-order valence-electron chi connectivity index (χ0n) is 17.2. The summed E-state index contributed by atoms with van der Waals surface area (Å²) in [5.41, 5.74) is 1.94. The number of hydrogen-bond acceptors (Lipinski definition) is 7.